The summed E-state index contributed by atoms with van der Waals surface area (Å²) >= 11 is 0. The average Bonchev–Trinajstić information content (AvgIpc) is 2.43. The molecule has 0 aliphatic carbocycles. The highest BCUT2D eigenvalue weighted by Crippen LogP contribution is 2.17. The first-order valence-electron chi connectivity index (χ1n) is 6.92. The third kappa shape index (κ3) is 5.77. The fraction of sp³-hybridized carbons (Fsp3) is 0.333. The molecule has 0 aliphatic rings. The van der Waals surface area contributed by atoms with Crippen molar-refractivity contribution in [1.82, 2.24) is 10.6 Å². The van der Waals surface area contributed by atoms with Crippen molar-refractivity contribution in [1.29, 1.82) is 0 Å². The van der Waals surface area contributed by atoms with Crippen LogP contribution in [0.5, 0.6) is 0 Å². The van der Waals surface area contributed by atoms with Gasteiger partial charge in [-0.2, -0.15) is 0 Å². The molecule has 0 heterocycles. The molecule has 0 spiro atoms. The van der Waals surface area contributed by atoms with Crippen molar-refractivity contribution in [3.63, 3.8) is 0 Å². The molecule has 0 saturated carbocycles. The number of carbonyl (C=O) groups excluding carboxylic acids is 4. The molecule has 23 heavy (non-hydrogen) atoms. The van der Waals surface area contributed by atoms with Gasteiger partial charge in [0.1, 0.15) is 0 Å². The molecule has 1 aromatic carbocycles. The van der Waals surface area contributed by atoms with E-state index in [-0.39, 0.29) is 12.3 Å². The van der Waals surface area contributed by atoms with Gasteiger partial charge in [0, 0.05) is 6.92 Å². The van der Waals surface area contributed by atoms with E-state index < -0.39 is 29.8 Å². The second-order valence-electron chi connectivity index (χ2n) is 5.17. The van der Waals surface area contributed by atoms with Crippen LogP contribution < -0.4 is 22.1 Å². The van der Waals surface area contributed by atoms with Crippen LogP contribution in [0.4, 0.5) is 0 Å². The molecule has 0 aliphatic heterocycles. The highest BCUT2D eigenvalue weighted by molar-refractivity contribution is 6.05. The van der Waals surface area contributed by atoms with Crippen LogP contribution in [0, 0.1) is 6.92 Å². The lowest BCUT2D eigenvalue weighted by atomic mass is 10.0. The van der Waals surface area contributed by atoms with Crippen molar-refractivity contribution in [2.75, 3.05) is 0 Å². The van der Waals surface area contributed by atoms with Crippen LogP contribution in [-0.4, -0.2) is 29.7 Å². The lowest BCUT2D eigenvalue weighted by Crippen LogP contribution is -2.52. The van der Waals surface area contributed by atoms with E-state index in [0.717, 1.165) is 11.1 Å². The Kier molecular flexibility index (Phi) is 6.25. The van der Waals surface area contributed by atoms with Gasteiger partial charge in [-0.1, -0.05) is 29.8 Å². The Morgan fingerprint density at radius 3 is 1.96 bits per heavy atom. The Morgan fingerprint density at radius 1 is 1.00 bits per heavy atom. The fourth-order valence-corrected chi connectivity index (χ4v) is 1.98. The highest BCUT2D eigenvalue weighted by Gasteiger charge is 2.25. The van der Waals surface area contributed by atoms with Crippen molar-refractivity contribution in [3.05, 3.63) is 35.4 Å². The number of aryl methyl sites for hydroxylation is 1. The largest absolute Gasteiger partial charge is 0.367 e. The smallest absolute Gasteiger partial charge is 0.249 e. The minimum absolute atomic E-state index is 0.167. The van der Waals surface area contributed by atoms with E-state index in [1.165, 1.54) is 6.92 Å². The van der Waals surface area contributed by atoms with Gasteiger partial charge in [-0.3, -0.25) is 19.2 Å². The summed E-state index contributed by atoms with van der Waals surface area (Å²) in [5.41, 5.74) is 11.8. The van der Waals surface area contributed by atoms with Gasteiger partial charge < -0.3 is 22.1 Å². The number of rotatable bonds is 7. The van der Waals surface area contributed by atoms with Crippen molar-refractivity contribution in [3.8, 4) is 0 Å². The highest BCUT2D eigenvalue weighted by atomic mass is 16.2. The minimum Gasteiger partial charge on any atom is -0.367 e. The summed E-state index contributed by atoms with van der Waals surface area (Å²) in [6.07, 6.45) is -0.167. The maximum absolute atomic E-state index is 12.0. The van der Waals surface area contributed by atoms with E-state index in [1.807, 2.05) is 19.1 Å². The molecule has 8 heteroatoms. The molecular weight excluding hydrogens is 300 g/mol. The number of hydrogen-bond acceptors (Lipinski definition) is 4. The van der Waals surface area contributed by atoms with Crippen LogP contribution in [0.15, 0.2) is 24.3 Å². The summed E-state index contributed by atoms with van der Waals surface area (Å²) in [7, 11) is 0. The third-order valence-electron chi connectivity index (χ3n) is 3.12. The summed E-state index contributed by atoms with van der Waals surface area (Å²) in [6, 6.07) is 5.06. The zero-order valence-electron chi connectivity index (χ0n) is 13.0. The van der Waals surface area contributed by atoms with Crippen molar-refractivity contribution >= 4 is 23.6 Å². The van der Waals surface area contributed by atoms with E-state index in [2.05, 4.69) is 10.6 Å². The van der Waals surface area contributed by atoms with Crippen LogP contribution in [0.1, 0.15) is 30.5 Å². The molecule has 0 aromatic heterocycles. The van der Waals surface area contributed by atoms with E-state index >= 15 is 0 Å². The number of benzene rings is 1. The topological polar surface area (TPSA) is 144 Å². The van der Waals surface area contributed by atoms with Crippen LogP contribution in [0.2, 0.25) is 0 Å². The number of hydrogen-bond donors (Lipinski definition) is 4. The van der Waals surface area contributed by atoms with Crippen LogP contribution >= 0.6 is 0 Å². The normalized spacial score (nSPS) is 11.6. The van der Waals surface area contributed by atoms with Crippen molar-refractivity contribution in [2.45, 2.75) is 32.4 Å². The number of carbonyl (C=O) groups is 4. The summed E-state index contributed by atoms with van der Waals surface area (Å²) in [5.74, 6) is -3.04. The summed E-state index contributed by atoms with van der Waals surface area (Å²) in [4.78, 5) is 45.5. The molecule has 8 nitrogen and oxygen atoms in total. The molecule has 1 unspecified atom stereocenters. The predicted molar refractivity (Wildman–Crippen MR) is 82.7 cm³/mol. The van der Waals surface area contributed by atoms with Gasteiger partial charge in [0.15, 0.2) is 6.04 Å². The van der Waals surface area contributed by atoms with Gasteiger partial charge in [-0.25, -0.2) is 0 Å². The molecule has 0 fully saturated rings. The first-order valence-corrected chi connectivity index (χ1v) is 6.92. The van der Waals surface area contributed by atoms with Crippen LogP contribution in [0.3, 0.4) is 0 Å². The standard InChI is InChI=1S/C15H20N4O4/c1-8-3-5-10(6-4-8)11(18-9(2)20)7-12(21)19-13(14(16)22)15(17)23/h3-6,11,13H,7H2,1-2H3,(H2,16,22)(H2,17,23)(H,18,20)(H,19,21). The van der Waals surface area contributed by atoms with E-state index in [1.54, 1.807) is 12.1 Å². The SMILES string of the molecule is CC(=O)NC(CC(=O)NC(C(N)=O)C(N)=O)c1ccc(C)cc1. The molecule has 124 valence electrons. The number of nitrogens with one attached hydrogen (secondary N) is 2. The maximum atomic E-state index is 12.0. The lowest BCUT2D eigenvalue weighted by Gasteiger charge is -2.19. The Bertz CT molecular complexity index is 598. The molecule has 0 saturated heterocycles. The van der Waals surface area contributed by atoms with Crippen LogP contribution in [-0.2, 0) is 19.2 Å². The van der Waals surface area contributed by atoms with Gasteiger partial charge in [0.25, 0.3) is 0 Å². The number of amides is 4. The quantitative estimate of drug-likeness (QED) is 0.478. The van der Waals surface area contributed by atoms with Gasteiger partial charge in [0.2, 0.25) is 23.6 Å². The first kappa shape index (κ1) is 18.1. The Hall–Kier alpha value is -2.90. The molecule has 0 bridgehead atoms. The van der Waals surface area contributed by atoms with Gasteiger partial charge in [-0.15, -0.1) is 0 Å². The minimum atomic E-state index is -1.58. The van der Waals surface area contributed by atoms with E-state index in [9.17, 15) is 19.2 Å². The number of nitrogens with two attached hydrogens (primary N) is 2. The fourth-order valence-electron chi connectivity index (χ4n) is 1.98. The molecule has 1 atom stereocenters. The molecule has 6 N–H and O–H groups in total. The average molecular weight is 320 g/mol. The van der Waals surface area contributed by atoms with E-state index in [0.29, 0.717) is 0 Å². The monoisotopic (exact) mass is 320 g/mol. The molecule has 4 amide bonds. The van der Waals surface area contributed by atoms with Crippen molar-refractivity contribution in [2.24, 2.45) is 11.5 Å². The Labute approximate surface area is 133 Å². The summed E-state index contributed by atoms with van der Waals surface area (Å²) in [5, 5.41) is 4.81. The van der Waals surface area contributed by atoms with Crippen molar-refractivity contribution < 1.29 is 19.2 Å². The molecule has 1 aromatic rings. The Morgan fingerprint density at radius 2 is 1.52 bits per heavy atom. The van der Waals surface area contributed by atoms with Gasteiger partial charge in [0.05, 0.1) is 12.5 Å². The Balaban J connectivity index is 2.86. The van der Waals surface area contributed by atoms with Crippen LogP contribution in [0.25, 0.3) is 0 Å². The zero-order chi connectivity index (χ0) is 17.6. The van der Waals surface area contributed by atoms with Gasteiger partial charge in [-0.05, 0) is 12.5 Å². The third-order valence-corrected chi connectivity index (χ3v) is 3.12. The summed E-state index contributed by atoms with van der Waals surface area (Å²) < 4.78 is 0. The molecular formula is C15H20N4O4. The second-order valence-corrected chi connectivity index (χ2v) is 5.17. The first-order chi connectivity index (χ1) is 10.7. The maximum Gasteiger partial charge on any atom is 0.249 e. The molecule has 1 rings (SSSR count). The lowest BCUT2D eigenvalue weighted by molar-refractivity contribution is -0.134. The zero-order valence-corrected chi connectivity index (χ0v) is 13.0. The molecule has 0 radical (unpaired) electrons. The van der Waals surface area contributed by atoms with Gasteiger partial charge >= 0.3 is 0 Å². The second kappa shape index (κ2) is 7.92. The van der Waals surface area contributed by atoms with E-state index in [4.69, 9.17) is 11.5 Å². The summed E-state index contributed by atoms with van der Waals surface area (Å²) in [6.45, 7) is 3.24. The predicted octanol–water partition coefficient (Wildman–Crippen LogP) is -0.982. The number of primary amides is 2.